The fourth-order valence-electron chi connectivity index (χ4n) is 5.28. The van der Waals surface area contributed by atoms with Crippen molar-refractivity contribution in [3.05, 3.63) is 71.9 Å². The Balaban J connectivity index is 1.30. The number of para-hydroxylation sites is 1. The highest BCUT2D eigenvalue weighted by molar-refractivity contribution is 5.98. The summed E-state index contributed by atoms with van der Waals surface area (Å²) < 4.78 is 0. The van der Waals surface area contributed by atoms with E-state index in [2.05, 4.69) is 58.5 Å². The van der Waals surface area contributed by atoms with Gasteiger partial charge in [-0.2, -0.15) is 0 Å². The molecule has 4 heteroatoms. The summed E-state index contributed by atoms with van der Waals surface area (Å²) in [5.41, 5.74) is 3.30. The van der Waals surface area contributed by atoms with E-state index in [9.17, 15) is 4.79 Å². The van der Waals surface area contributed by atoms with Gasteiger partial charge in [0.2, 0.25) is 0 Å². The summed E-state index contributed by atoms with van der Waals surface area (Å²) in [5, 5.41) is 5.08. The number of aromatic amines is 1. The first-order valence-corrected chi connectivity index (χ1v) is 11.4. The number of carbonyl (C=O) groups excluding carboxylic acids is 1. The van der Waals surface area contributed by atoms with Gasteiger partial charge >= 0.3 is 0 Å². The number of fused-ring (bicyclic) bond motifs is 1. The maximum Gasteiger partial charge on any atom is 0.270 e. The predicted molar refractivity (Wildman–Crippen MR) is 122 cm³/mol. The molecule has 0 bridgehead atoms. The van der Waals surface area contributed by atoms with Crippen LogP contribution in [0.15, 0.2) is 60.7 Å². The number of aromatic nitrogens is 1. The first-order valence-electron chi connectivity index (χ1n) is 11.4. The minimum Gasteiger partial charge on any atom is -0.351 e. The van der Waals surface area contributed by atoms with Crippen LogP contribution in [0.5, 0.6) is 0 Å². The first kappa shape index (κ1) is 19.4. The Labute approximate surface area is 178 Å². The van der Waals surface area contributed by atoms with Crippen LogP contribution in [0.2, 0.25) is 0 Å². The lowest BCUT2D eigenvalue weighted by Crippen LogP contribution is -2.49. The zero-order valence-electron chi connectivity index (χ0n) is 17.7. The van der Waals surface area contributed by atoms with Crippen LogP contribution < -0.4 is 5.32 Å². The second-order valence-electron chi connectivity index (χ2n) is 8.97. The Morgan fingerprint density at radius 3 is 2.60 bits per heavy atom. The van der Waals surface area contributed by atoms with E-state index in [1.54, 1.807) is 0 Å². The third-order valence-electron chi connectivity index (χ3n) is 7.01. The van der Waals surface area contributed by atoms with Crippen LogP contribution in [0.1, 0.15) is 61.5 Å². The summed E-state index contributed by atoms with van der Waals surface area (Å²) in [6.45, 7) is 2.85. The van der Waals surface area contributed by atoms with Gasteiger partial charge in [-0.25, -0.2) is 0 Å². The summed E-state index contributed by atoms with van der Waals surface area (Å²) in [4.78, 5) is 18.8. The fourth-order valence-corrected chi connectivity index (χ4v) is 5.28. The van der Waals surface area contributed by atoms with Gasteiger partial charge in [0.25, 0.3) is 5.91 Å². The molecule has 2 aromatic carbocycles. The van der Waals surface area contributed by atoms with Gasteiger partial charge in [0.1, 0.15) is 5.69 Å². The van der Waals surface area contributed by atoms with E-state index in [0.29, 0.717) is 17.8 Å². The van der Waals surface area contributed by atoms with Gasteiger partial charge in [-0.1, -0.05) is 48.5 Å². The number of hydrogen-bond acceptors (Lipinski definition) is 2. The zero-order chi connectivity index (χ0) is 20.6. The normalized spacial score (nSPS) is 22.7. The molecule has 5 rings (SSSR count). The van der Waals surface area contributed by atoms with Gasteiger partial charge in [0.05, 0.1) is 0 Å². The van der Waals surface area contributed by atoms with Crippen molar-refractivity contribution >= 4 is 16.8 Å². The molecule has 4 nitrogen and oxygen atoms in total. The lowest BCUT2D eigenvalue weighted by Gasteiger charge is -2.38. The summed E-state index contributed by atoms with van der Waals surface area (Å²) in [6.07, 6.45) is 6.92. The highest BCUT2D eigenvalue weighted by atomic mass is 16.2. The molecule has 156 valence electrons. The molecule has 0 saturated heterocycles. The minimum atomic E-state index is 0.128. The monoisotopic (exact) mass is 401 g/mol. The summed E-state index contributed by atoms with van der Waals surface area (Å²) in [5.74, 6) is 0.128. The maximum atomic E-state index is 13.3. The number of amides is 1. The molecule has 2 aliphatic carbocycles. The molecule has 2 aliphatic rings. The SMILES string of the molecule is CCN(C(=O)c1cc2ccccc2[nH]1)[C@H]1CCC[C@H](NC2(c3ccccc3)CC2)C1. The third kappa shape index (κ3) is 3.65. The van der Waals surface area contributed by atoms with E-state index in [1.807, 2.05) is 24.3 Å². The van der Waals surface area contributed by atoms with Gasteiger partial charge in [-0.05, 0) is 63.1 Å². The molecule has 0 radical (unpaired) electrons. The lowest BCUT2D eigenvalue weighted by molar-refractivity contribution is 0.0618. The summed E-state index contributed by atoms with van der Waals surface area (Å²) in [6, 6.07) is 21.7. The van der Waals surface area contributed by atoms with Crippen LogP contribution in [0.25, 0.3) is 10.9 Å². The van der Waals surface area contributed by atoms with E-state index < -0.39 is 0 Å². The fraction of sp³-hybridized carbons (Fsp3) is 0.423. The Kier molecular flexibility index (Phi) is 5.11. The number of carbonyl (C=O) groups is 1. The third-order valence-corrected chi connectivity index (χ3v) is 7.01. The molecule has 3 aromatic rings. The Hall–Kier alpha value is -2.59. The van der Waals surface area contributed by atoms with Crippen LogP contribution in [-0.2, 0) is 5.54 Å². The van der Waals surface area contributed by atoms with Crippen LogP contribution >= 0.6 is 0 Å². The molecule has 1 amide bonds. The summed E-state index contributed by atoms with van der Waals surface area (Å²) >= 11 is 0. The van der Waals surface area contributed by atoms with E-state index in [1.165, 1.54) is 31.2 Å². The second-order valence-corrected chi connectivity index (χ2v) is 8.97. The smallest absolute Gasteiger partial charge is 0.270 e. The lowest BCUT2D eigenvalue weighted by atomic mass is 9.88. The number of H-pyrrole nitrogens is 1. The van der Waals surface area contributed by atoms with Crippen molar-refractivity contribution in [2.75, 3.05) is 6.54 Å². The molecular formula is C26H31N3O. The largest absolute Gasteiger partial charge is 0.351 e. The molecule has 0 aliphatic heterocycles. The van der Waals surface area contributed by atoms with Crippen LogP contribution in [0.4, 0.5) is 0 Å². The molecule has 0 spiro atoms. The van der Waals surface area contributed by atoms with Crippen molar-refractivity contribution in [3.63, 3.8) is 0 Å². The predicted octanol–water partition coefficient (Wildman–Crippen LogP) is 5.22. The number of rotatable bonds is 6. The van der Waals surface area contributed by atoms with Crippen molar-refractivity contribution in [1.82, 2.24) is 15.2 Å². The number of hydrogen-bond donors (Lipinski definition) is 2. The van der Waals surface area contributed by atoms with Crippen molar-refractivity contribution in [2.24, 2.45) is 0 Å². The highest BCUT2D eigenvalue weighted by Crippen LogP contribution is 2.46. The molecule has 2 atom stereocenters. The highest BCUT2D eigenvalue weighted by Gasteiger charge is 2.46. The van der Waals surface area contributed by atoms with Gasteiger partial charge in [0.15, 0.2) is 0 Å². The second kappa shape index (κ2) is 7.92. The van der Waals surface area contributed by atoms with E-state index in [4.69, 9.17) is 0 Å². The number of benzene rings is 2. The molecule has 1 aromatic heterocycles. The molecule has 2 fully saturated rings. The summed E-state index contributed by atoms with van der Waals surface area (Å²) in [7, 11) is 0. The van der Waals surface area contributed by atoms with Gasteiger partial charge in [-0.3, -0.25) is 4.79 Å². The number of nitrogens with one attached hydrogen (secondary N) is 2. The molecule has 1 heterocycles. The average molecular weight is 402 g/mol. The van der Waals surface area contributed by atoms with Crippen molar-refractivity contribution in [1.29, 1.82) is 0 Å². The van der Waals surface area contributed by atoms with Gasteiger partial charge < -0.3 is 15.2 Å². The molecular weight excluding hydrogens is 370 g/mol. The van der Waals surface area contributed by atoms with Crippen LogP contribution in [-0.4, -0.2) is 34.4 Å². The van der Waals surface area contributed by atoms with Gasteiger partial charge in [-0.15, -0.1) is 0 Å². The molecule has 2 N–H and O–H groups in total. The standard InChI is InChI=1S/C26H31N3O/c1-2-29(25(30)24-17-19-9-6-7-14-23(19)27-24)22-13-8-12-21(18-22)28-26(15-16-26)20-10-4-3-5-11-20/h3-7,9-11,14,17,21-22,27-28H,2,8,12-13,15-16,18H2,1H3/t21-,22-/m0/s1. The van der Waals surface area contributed by atoms with Crippen molar-refractivity contribution in [2.45, 2.75) is 63.1 Å². The molecule has 0 unspecified atom stereocenters. The van der Waals surface area contributed by atoms with Crippen molar-refractivity contribution in [3.8, 4) is 0 Å². The average Bonchev–Trinajstić information content (AvgIpc) is 3.43. The number of nitrogens with zero attached hydrogens (tertiary/aromatic N) is 1. The minimum absolute atomic E-state index is 0.128. The topological polar surface area (TPSA) is 48.1 Å². The van der Waals surface area contributed by atoms with Crippen LogP contribution in [0, 0.1) is 0 Å². The zero-order valence-corrected chi connectivity index (χ0v) is 17.7. The van der Waals surface area contributed by atoms with E-state index in [-0.39, 0.29) is 11.4 Å². The van der Waals surface area contributed by atoms with Crippen molar-refractivity contribution < 1.29 is 4.79 Å². The van der Waals surface area contributed by atoms with E-state index >= 15 is 0 Å². The molecule has 30 heavy (non-hydrogen) atoms. The Bertz CT molecular complexity index is 988. The Morgan fingerprint density at radius 2 is 1.87 bits per heavy atom. The maximum absolute atomic E-state index is 13.3. The van der Waals surface area contributed by atoms with Gasteiger partial charge in [0, 0.05) is 35.1 Å². The quantitative estimate of drug-likeness (QED) is 0.595. The molecule has 2 saturated carbocycles. The van der Waals surface area contributed by atoms with Crippen LogP contribution in [0.3, 0.4) is 0 Å². The first-order chi connectivity index (χ1) is 14.7. The van der Waals surface area contributed by atoms with E-state index in [0.717, 1.165) is 30.3 Å². The Morgan fingerprint density at radius 1 is 1.10 bits per heavy atom.